The Morgan fingerprint density at radius 1 is 1.08 bits per heavy atom. The molecule has 2 aliphatic heterocycles. The monoisotopic (exact) mass is 372 g/mol. The van der Waals surface area contributed by atoms with Crippen LogP contribution < -0.4 is 4.74 Å². The first-order chi connectivity index (χ1) is 12.5. The first kappa shape index (κ1) is 17.0. The third kappa shape index (κ3) is 3.19. The summed E-state index contributed by atoms with van der Waals surface area (Å²) in [5, 5.41) is -0.572. The summed E-state index contributed by atoms with van der Waals surface area (Å²) in [7, 11) is -3.23. The summed E-state index contributed by atoms with van der Waals surface area (Å²) in [5.74, 6) is 0.206. The number of aromatic nitrogens is 1. The van der Waals surface area contributed by atoms with E-state index in [-0.39, 0.29) is 30.2 Å². The van der Waals surface area contributed by atoms with E-state index < -0.39 is 15.1 Å². The van der Waals surface area contributed by atoms with E-state index in [1.807, 2.05) is 12.1 Å². The topological polar surface area (TPSA) is 76.6 Å². The fraction of sp³-hybridized carbons (Fsp3) is 0.368. The molecule has 1 amide bonds. The highest BCUT2D eigenvalue weighted by Gasteiger charge is 2.50. The average Bonchev–Trinajstić information content (AvgIpc) is 3.12. The minimum Gasteiger partial charge on any atom is -0.474 e. The molecule has 3 heterocycles. The van der Waals surface area contributed by atoms with E-state index in [1.165, 1.54) is 0 Å². The van der Waals surface area contributed by atoms with Gasteiger partial charge in [-0.3, -0.25) is 4.79 Å². The van der Waals surface area contributed by atoms with Crippen molar-refractivity contribution in [1.29, 1.82) is 0 Å². The van der Waals surface area contributed by atoms with Crippen molar-refractivity contribution >= 4 is 15.7 Å². The van der Waals surface area contributed by atoms with E-state index in [2.05, 4.69) is 4.98 Å². The molecule has 2 saturated heterocycles. The fourth-order valence-electron chi connectivity index (χ4n) is 3.83. The number of likely N-dealkylation sites (tertiary alicyclic amines) is 1. The number of pyridine rings is 1. The van der Waals surface area contributed by atoms with E-state index in [9.17, 15) is 13.2 Å². The van der Waals surface area contributed by atoms with E-state index in [4.69, 9.17) is 4.74 Å². The molecule has 6 nitrogen and oxygen atoms in total. The zero-order chi connectivity index (χ0) is 18.1. The van der Waals surface area contributed by atoms with Crippen LogP contribution in [-0.2, 0) is 9.84 Å². The van der Waals surface area contributed by atoms with Gasteiger partial charge in [-0.05, 0) is 24.6 Å². The van der Waals surface area contributed by atoms with Gasteiger partial charge in [0.1, 0.15) is 6.10 Å². The molecule has 0 spiro atoms. The van der Waals surface area contributed by atoms with Gasteiger partial charge < -0.3 is 9.64 Å². The summed E-state index contributed by atoms with van der Waals surface area (Å²) in [6.07, 6.45) is 1.81. The molecule has 0 saturated carbocycles. The minimum atomic E-state index is -3.23. The van der Waals surface area contributed by atoms with Crippen LogP contribution in [0, 0.1) is 5.92 Å². The molecule has 0 N–H and O–H groups in total. The van der Waals surface area contributed by atoms with Crippen molar-refractivity contribution in [3.05, 3.63) is 60.3 Å². The Morgan fingerprint density at radius 2 is 1.85 bits per heavy atom. The zero-order valence-electron chi connectivity index (χ0n) is 14.2. The van der Waals surface area contributed by atoms with E-state index in [0.717, 1.165) is 0 Å². The number of hydrogen-bond acceptors (Lipinski definition) is 5. The summed E-state index contributed by atoms with van der Waals surface area (Å²) in [5.41, 5.74) is 0.575. The number of fused-ring (bicyclic) bond motifs is 1. The SMILES string of the molecule is O=C(c1ccccc1)N1C[C@@H]2[C@@H](Oc3ccccn3)CCS(=O)(=O)[C@H]2C1. The number of carbonyl (C=O) groups excluding carboxylic acids is 1. The Labute approximate surface area is 152 Å². The Hall–Kier alpha value is -2.41. The van der Waals surface area contributed by atoms with Crippen molar-refractivity contribution in [2.24, 2.45) is 5.92 Å². The molecule has 3 atom stereocenters. The number of sulfone groups is 1. The predicted molar refractivity (Wildman–Crippen MR) is 96.7 cm³/mol. The van der Waals surface area contributed by atoms with Crippen LogP contribution in [0.3, 0.4) is 0 Å². The van der Waals surface area contributed by atoms with Gasteiger partial charge >= 0.3 is 0 Å². The van der Waals surface area contributed by atoms with E-state index in [0.29, 0.717) is 24.4 Å². The Bertz CT molecular complexity index is 886. The van der Waals surface area contributed by atoms with Gasteiger partial charge in [0.05, 0.1) is 11.0 Å². The summed E-state index contributed by atoms with van der Waals surface area (Å²) >= 11 is 0. The molecule has 0 bridgehead atoms. The van der Waals surface area contributed by atoms with Gasteiger partial charge in [-0.15, -0.1) is 0 Å². The smallest absolute Gasteiger partial charge is 0.253 e. The molecule has 4 rings (SSSR count). The summed E-state index contributed by atoms with van der Waals surface area (Å²) in [4.78, 5) is 18.6. The van der Waals surface area contributed by atoms with Gasteiger partial charge in [-0.1, -0.05) is 24.3 Å². The van der Waals surface area contributed by atoms with E-state index in [1.54, 1.807) is 47.5 Å². The molecular weight excluding hydrogens is 352 g/mol. The molecule has 2 aliphatic rings. The standard InChI is InChI=1S/C19H20N2O4S/c22-19(14-6-2-1-3-7-14)21-12-15-16(25-18-8-4-5-10-20-18)9-11-26(23,24)17(15)13-21/h1-8,10,15-17H,9,11-13H2/t15-,16+,17+/m1/s1. The first-order valence-corrected chi connectivity index (χ1v) is 10.4. The molecule has 26 heavy (non-hydrogen) atoms. The van der Waals surface area contributed by atoms with Crippen molar-refractivity contribution in [2.45, 2.75) is 17.8 Å². The number of hydrogen-bond donors (Lipinski definition) is 0. The lowest BCUT2D eigenvalue weighted by Crippen LogP contribution is -2.46. The third-order valence-corrected chi connectivity index (χ3v) is 7.38. The van der Waals surface area contributed by atoms with E-state index >= 15 is 0 Å². The molecule has 0 radical (unpaired) electrons. The average molecular weight is 372 g/mol. The van der Waals surface area contributed by atoms with Crippen LogP contribution >= 0.6 is 0 Å². The fourth-order valence-corrected chi connectivity index (χ4v) is 5.89. The third-order valence-electron chi connectivity index (χ3n) is 5.15. The van der Waals surface area contributed by atoms with Crippen molar-refractivity contribution in [2.75, 3.05) is 18.8 Å². The molecule has 7 heteroatoms. The minimum absolute atomic E-state index is 0.0824. The number of carbonyl (C=O) groups is 1. The second kappa shape index (κ2) is 6.72. The molecule has 136 valence electrons. The predicted octanol–water partition coefficient (Wildman–Crippen LogP) is 1.79. The van der Waals surface area contributed by atoms with Gasteiger partial charge in [-0.2, -0.15) is 0 Å². The van der Waals surface area contributed by atoms with Gasteiger partial charge in [-0.25, -0.2) is 13.4 Å². The maximum atomic E-state index is 12.7. The van der Waals surface area contributed by atoms with Gasteiger partial charge in [0, 0.05) is 36.8 Å². The summed E-state index contributed by atoms with van der Waals surface area (Å²) in [6.45, 7) is 0.609. The summed E-state index contributed by atoms with van der Waals surface area (Å²) < 4.78 is 31.1. The molecule has 0 aliphatic carbocycles. The van der Waals surface area contributed by atoms with Gasteiger partial charge in [0.25, 0.3) is 5.91 Å². The molecule has 2 aromatic rings. The Balaban J connectivity index is 1.56. The molecule has 1 aromatic carbocycles. The number of rotatable bonds is 3. The molecule has 1 aromatic heterocycles. The normalized spacial score (nSPS) is 26.9. The highest BCUT2D eigenvalue weighted by molar-refractivity contribution is 7.92. The van der Waals surface area contributed by atoms with Crippen LogP contribution in [0.5, 0.6) is 5.88 Å². The molecule has 2 fully saturated rings. The van der Waals surface area contributed by atoms with Crippen molar-refractivity contribution < 1.29 is 17.9 Å². The van der Waals surface area contributed by atoms with Gasteiger partial charge in [0.2, 0.25) is 5.88 Å². The van der Waals surface area contributed by atoms with Crippen LogP contribution in [0.25, 0.3) is 0 Å². The lowest BCUT2D eigenvalue weighted by atomic mass is 9.98. The second-order valence-electron chi connectivity index (χ2n) is 6.76. The highest BCUT2D eigenvalue weighted by Crippen LogP contribution is 2.35. The maximum Gasteiger partial charge on any atom is 0.253 e. The van der Waals surface area contributed by atoms with Crippen molar-refractivity contribution in [3.8, 4) is 5.88 Å². The maximum absolute atomic E-state index is 12.7. The van der Waals surface area contributed by atoms with Crippen LogP contribution in [0.4, 0.5) is 0 Å². The number of amides is 1. The highest BCUT2D eigenvalue weighted by atomic mass is 32.2. The van der Waals surface area contributed by atoms with Crippen LogP contribution in [0.1, 0.15) is 16.8 Å². The molecule has 0 unspecified atom stereocenters. The largest absolute Gasteiger partial charge is 0.474 e. The first-order valence-electron chi connectivity index (χ1n) is 8.68. The zero-order valence-corrected chi connectivity index (χ0v) is 15.0. The number of nitrogens with zero attached hydrogens (tertiary/aromatic N) is 2. The summed E-state index contributed by atoms with van der Waals surface area (Å²) in [6, 6.07) is 14.4. The lowest BCUT2D eigenvalue weighted by molar-refractivity contribution is 0.0760. The Morgan fingerprint density at radius 3 is 2.58 bits per heavy atom. The quantitative estimate of drug-likeness (QED) is 0.821. The van der Waals surface area contributed by atoms with Crippen LogP contribution in [-0.4, -0.2) is 54.4 Å². The van der Waals surface area contributed by atoms with Crippen molar-refractivity contribution in [1.82, 2.24) is 9.88 Å². The van der Waals surface area contributed by atoms with Crippen LogP contribution in [0.15, 0.2) is 54.7 Å². The second-order valence-corrected chi connectivity index (χ2v) is 9.10. The lowest BCUT2D eigenvalue weighted by Gasteiger charge is -2.32. The van der Waals surface area contributed by atoms with Crippen molar-refractivity contribution in [3.63, 3.8) is 0 Å². The Kier molecular flexibility index (Phi) is 4.40. The molecular formula is C19H20N2O4S. The van der Waals surface area contributed by atoms with Crippen LogP contribution in [0.2, 0.25) is 0 Å². The number of benzene rings is 1. The number of ether oxygens (including phenoxy) is 1. The van der Waals surface area contributed by atoms with Gasteiger partial charge in [0.15, 0.2) is 9.84 Å².